The van der Waals surface area contributed by atoms with Crippen molar-refractivity contribution in [1.29, 1.82) is 0 Å². The highest BCUT2D eigenvalue weighted by Gasteiger charge is 2.16. The van der Waals surface area contributed by atoms with Crippen LogP contribution in [0.25, 0.3) is 0 Å². The lowest BCUT2D eigenvalue weighted by Gasteiger charge is -2.11. The predicted molar refractivity (Wildman–Crippen MR) is 68.4 cm³/mol. The van der Waals surface area contributed by atoms with E-state index in [1.165, 1.54) is 0 Å². The molecule has 16 heavy (non-hydrogen) atoms. The van der Waals surface area contributed by atoms with Crippen LogP contribution in [0.1, 0.15) is 22.4 Å². The number of nitrogens with zero attached hydrogens (tertiary/aromatic N) is 3. The van der Waals surface area contributed by atoms with Crippen LogP contribution in [0.5, 0.6) is 0 Å². The van der Waals surface area contributed by atoms with Gasteiger partial charge in [0.25, 0.3) is 0 Å². The van der Waals surface area contributed by atoms with Gasteiger partial charge in [-0.3, -0.25) is 4.68 Å². The molecule has 2 heterocycles. The summed E-state index contributed by atoms with van der Waals surface area (Å²) in [5, 5.41) is 7.29. The monoisotopic (exact) mass is 300 g/mol. The summed E-state index contributed by atoms with van der Waals surface area (Å²) in [5.41, 5.74) is 8.21. The molecule has 0 saturated heterocycles. The van der Waals surface area contributed by atoms with E-state index >= 15 is 0 Å². The van der Waals surface area contributed by atoms with Crippen LogP contribution < -0.4 is 5.73 Å². The van der Waals surface area contributed by atoms with Crippen LogP contribution in [0.3, 0.4) is 0 Å². The summed E-state index contributed by atoms with van der Waals surface area (Å²) in [4.78, 5) is 4.41. The first-order valence-corrected chi connectivity index (χ1v) is 6.59. The van der Waals surface area contributed by atoms with Crippen molar-refractivity contribution >= 4 is 27.3 Å². The Balaban J connectivity index is 2.17. The standard InChI is InChI=1S/C10H13BrN4S/c1-6-14-7(5-16-6)3-9(12)10-8(11)4-13-15(10)2/h4-5,9H,3,12H2,1-2H3. The fourth-order valence-corrected chi connectivity index (χ4v) is 2.93. The molecular weight excluding hydrogens is 288 g/mol. The summed E-state index contributed by atoms with van der Waals surface area (Å²) < 4.78 is 2.75. The quantitative estimate of drug-likeness (QED) is 0.945. The lowest BCUT2D eigenvalue weighted by Crippen LogP contribution is -2.17. The number of halogens is 1. The van der Waals surface area contributed by atoms with Crippen molar-refractivity contribution in [3.63, 3.8) is 0 Å². The number of thiazole rings is 1. The van der Waals surface area contributed by atoms with E-state index in [9.17, 15) is 0 Å². The fourth-order valence-electron chi connectivity index (χ4n) is 1.66. The molecule has 0 saturated carbocycles. The van der Waals surface area contributed by atoms with E-state index in [0.29, 0.717) is 0 Å². The number of nitrogens with two attached hydrogens (primary N) is 1. The molecule has 0 radical (unpaired) electrons. The van der Waals surface area contributed by atoms with Gasteiger partial charge in [0, 0.05) is 18.8 Å². The molecule has 1 unspecified atom stereocenters. The predicted octanol–water partition coefficient (Wildman–Crippen LogP) is 2.19. The highest BCUT2D eigenvalue weighted by Crippen LogP contribution is 2.24. The van der Waals surface area contributed by atoms with Gasteiger partial charge in [-0.1, -0.05) is 0 Å². The number of hydrogen-bond acceptors (Lipinski definition) is 4. The zero-order valence-corrected chi connectivity index (χ0v) is 11.5. The van der Waals surface area contributed by atoms with Crippen molar-refractivity contribution in [1.82, 2.24) is 14.8 Å². The third-order valence-corrected chi connectivity index (χ3v) is 3.82. The minimum absolute atomic E-state index is 0.0802. The molecule has 0 fully saturated rings. The Labute approximate surface area is 107 Å². The van der Waals surface area contributed by atoms with Crippen LogP contribution in [0.15, 0.2) is 16.0 Å². The zero-order chi connectivity index (χ0) is 11.7. The highest BCUT2D eigenvalue weighted by atomic mass is 79.9. The first-order valence-electron chi connectivity index (χ1n) is 4.92. The molecule has 2 aromatic rings. The number of aromatic nitrogens is 3. The van der Waals surface area contributed by atoms with E-state index < -0.39 is 0 Å². The first-order chi connectivity index (χ1) is 7.58. The molecule has 1 atom stereocenters. The molecule has 2 rings (SSSR count). The summed E-state index contributed by atoms with van der Waals surface area (Å²) in [7, 11) is 1.90. The summed E-state index contributed by atoms with van der Waals surface area (Å²) in [6.45, 7) is 2.00. The normalized spacial score (nSPS) is 13.0. The number of aryl methyl sites for hydroxylation is 2. The Morgan fingerprint density at radius 2 is 2.38 bits per heavy atom. The smallest absolute Gasteiger partial charge is 0.0897 e. The van der Waals surface area contributed by atoms with Crippen LogP contribution in [-0.2, 0) is 13.5 Å². The molecule has 4 nitrogen and oxygen atoms in total. The number of hydrogen-bond donors (Lipinski definition) is 1. The minimum Gasteiger partial charge on any atom is -0.322 e. The maximum atomic E-state index is 6.16. The molecule has 0 spiro atoms. The second-order valence-electron chi connectivity index (χ2n) is 3.67. The van der Waals surface area contributed by atoms with E-state index in [1.807, 2.05) is 14.0 Å². The molecule has 2 aromatic heterocycles. The topological polar surface area (TPSA) is 56.7 Å². The molecule has 0 bridgehead atoms. The SMILES string of the molecule is Cc1nc(CC(N)c2c(Br)cnn2C)cs1. The second kappa shape index (κ2) is 4.65. The minimum atomic E-state index is -0.0802. The molecule has 0 aliphatic carbocycles. The van der Waals surface area contributed by atoms with Crippen molar-refractivity contribution in [2.45, 2.75) is 19.4 Å². The average molecular weight is 301 g/mol. The third kappa shape index (κ3) is 2.34. The summed E-state index contributed by atoms with van der Waals surface area (Å²) in [6, 6.07) is -0.0802. The van der Waals surface area contributed by atoms with Gasteiger partial charge in [0.1, 0.15) is 0 Å². The van der Waals surface area contributed by atoms with E-state index in [0.717, 1.165) is 27.3 Å². The fraction of sp³-hybridized carbons (Fsp3) is 0.400. The van der Waals surface area contributed by atoms with E-state index in [-0.39, 0.29) is 6.04 Å². The van der Waals surface area contributed by atoms with Gasteiger partial charge in [0.2, 0.25) is 0 Å². The zero-order valence-electron chi connectivity index (χ0n) is 9.14. The summed E-state index contributed by atoms with van der Waals surface area (Å²) >= 11 is 5.11. The van der Waals surface area contributed by atoms with E-state index in [1.54, 1.807) is 22.2 Å². The largest absolute Gasteiger partial charge is 0.322 e. The van der Waals surface area contributed by atoms with Crippen LogP contribution >= 0.6 is 27.3 Å². The Hall–Kier alpha value is -0.720. The van der Waals surface area contributed by atoms with Gasteiger partial charge in [0.05, 0.1) is 33.1 Å². The maximum Gasteiger partial charge on any atom is 0.0897 e. The van der Waals surface area contributed by atoms with E-state index in [2.05, 4.69) is 31.4 Å². The van der Waals surface area contributed by atoms with Crippen molar-refractivity contribution in [2.75, 3.05) is 0 Å². The molecule has 0 aromatic carbocycles. The van der Waals surface area contributed by atoms with Gasteiger partial charge in [0.15, 0.2) is 0 Å². The first kappa shape index (κ1) is 11.8. The molecule has 2 N–H and O–H groups in total. The van der Waals surface area contributed by atoms with Crippen LogP contribution in [0.2, 0.25) is 0 Å². The summed E-state index contributed by atoms with van der Waals surface area (Å²) in [6.07, 6.45) is 2.50. The van der Waals surface area contributed by atoms with Gasteiger partial charge in [-0.2, -0.15) is 5.10 Å². The molecule has 0 amide bonds. The maximum absolute atomic E-state index is 6.16. The second-order valence-corrected chi connectivity index (χ2v) is 5.59. The highest BCUT2D eigenvalue weighted by molar-refractivity contribution is 9.10. The Kier molecular flexibility index (Phi) is 3.41. The van der Waals surface area contributed by atoms with Crippen molar-refractivity contribution < 1.29 is 0 Å². The van der Waals surface area contributed by atoms with E-state index in [4.69, 9.17) is 5.73 Å². The number of rotatable bonds is 3. The van der Waals surface area contributed by atoms with Crippen molar-refractivity contribution in [2.24, 2.45) is 12.8 Å². The van der Waals surface area contributed by atoms with Gasteiger partial charge < -0.3 is 5.73 Å². The lowest BCUT2D eigenvalue weighted by molar-refractivity contribution is 0.610. The Morgan fingerprint density at radius 3 is 2.88 bits per heavy atom. The van der Waals surface area contributed by atoms with Crippen molar-refractivity contribution in [3.8, 4) is 0 Å². The molecule has 86 valence electrons. The lowest BCUT2D eigenvalue weighted by atomic mass is 10.1. The Bertz CT molecular complexity index is 471. The molecule has 6 heteroatoms. The van der Waals surface area contributed by atoms with Crippen LogP contribution in [0, 0.1) is 6.92 Å². The molecular formula is C10H13BrN4S. The van der Waals surface area contributed by atoms with Crippen molar-refractivity contribution in [3.05, 3.63) is 32.4 Å². The average Bonchev–Trinajstić information content (AvgIpc) is 2.74. The van der Waals surface area contributed by atoms with Gasteiger partial charge >= 0.3 is 0 Å². The van der Waals surface area contributed by atoms with Crippen LogP contribution in [-0.4, -0.2) is 14.8 Å². The summed E-state index contributed by atoms with van der Waals surface area (Å²) in [5.74, 6) is 0. The Morgan fingerprint density at radius 1 is 1.62 bits per heavy atom. The molecule has 0 aliphatic heterocycles. The molecule has 0 aliphatic rings. The third-order valence-electron chi connectivity index (χ3n) is 2.38. The van der Waals surface area contributed by atoms with Crippen LogP contribution in [0.4, 0.5) is 0 Å². The van der Waals surface area contributed by atoms with Gasteiger partial charge in [-0.25, -0.2) is 4.98 Å². The van der Waals surface area contributed by atoms with Gasteiger partial charge in [-0.15, -0.1) is 11.3 Å². The van der Waals surface area contributed by atoms with Gasteiger partial charge in [-0.05, 0) is 22.9 Å².